The fourth-order valence-corrected chi connectivity index (χ4v) is 5.76. The molecule has 0 aromatic heterocycles. The molecule has 1 N–H and O–H groups in total. The van der Waals surface area contributed by atoms with Gasteiger partial charge in [0.1, 0.15) is 0 Å². The Morgan fingerprint density at radius 2 is 1.50 bits per heavy atom. The van der Waals surface area contributed by atoms with Gasteiger partial charge in [0, 0.05) is 0 Å². The lowest BCUT2D eigenvalue weighted by molar-refractivity contribution is -0.0512. The quantitative estimate of drug-likeness (QED) is 0.588. The van der Waals surface area contributed by atoms with Crippen LogP contribution in [-0.4, -0.2) is 20.1 Å². The van der Waals surface area contributed by atoms with E-state index in [4.69, 9.17) is 4.18 Å². The third-order valence-corrected chi connectivity index (χ3v) is 8.93. The van der Waals surface area contributed by atoms with Gasteiger partial charge < -0.3 is 5.11 Å². The van der Waals surface area contributed by atoms with Crippen molar-refractivity contribution in [1.29, 1.82) is 5.26 Å². The van der Waals surface area contributed by atoms with Gasteiger partial charge in [-0.25, -0.2) is 0 Å². The third kappa shape index (κ3) is 4.34. The van der Waals surface area contributed by atoms with Crippen molar-refractivity contribution in [1.82, 2.24) is 0 Å². The number of nitrogens with zero attached hydrogens (tertiary/aromatic N) is 1. The minimum absolute atomic E-state index is 0.124. The molecule has 0 amide bonds. The van der Waals surface area contributed by atoms with Gasteiger partial charge in [-0.15, -0.1) is 0 Å². The second kappa shape index (κ2) is 8.30. The van der Waals surface area contributed by atoms with Crippen molar-refractivity contribution in [3.8, 4) is 6.07 Å². The van der Waals surface area contributed by atoms with Gasteiger partial charge in [-0.05, 0) is 80.5 Å². The van der Waals surface area contributed by atoms with Crippen molar-refractivity contribution in [2.24, 2.45) is 5.41 Å². The first-order valence-corrected chi connectivity index (χ1v) is 12.8. The predicted octanol–water partition coefficient (Wildman–Crippen LogP) is 5.11. The van der Waals surface area contributed by atoms with Gasteiger partial charge in [-0.1, -0.05) is 48.9 Å². The van der Waals surface area contributed by atoms with Gasteiger partial charge in [0.25, 0.3) is 10.1 Å². The minimum Gasteiger partial charge on any atom is -0.385 e. The summed E-state index contributed by atoms with van der Waals surface area (Å²) in [6.45, 7) is 4.09. The maximum Gasteiger partial charge on any atom is 0.296 e. The average molecular weight is 454 g/mol. The second-order valence-electron chi connectivity index (χ2n) is 9.69. The van der Waals surface area contributed by atoms with Crippen LogP contribution in [0.4, 0.5) is 0 Å². The van der Waals surface area contributed by atoms with Gasteiger partial charge >= 0.3 is 0 Å². The summed E-state index contributed by atoms with van der Waals surface area (Å²) in [7, 11) is -3.81. The van der Waals surface area contributed by atoms with Crippen molar-refractivity contribution < 1.29 is 17.7 Å². The van der Waals surface area contributed by atoms with Crippen LogP contribution in [0.2, 0.25) is 0 Å². The van der Waals surface area contributed by atoms with Crippen molar-refractivity contribution in [2.75, 3.05) is 6.61 Å². The van der Waals surface area contributed by atoms with Crippen molar-refractivity contribution in [2.45, 2.75) is 74.7 Å². The molecule has 0 saturated heterocycles. The van der Waals surface area contributed by atoms with Gasteiger partial charge in [0.15, 0.2) is 0 Å². The van der Waals surface area contributed by atoms with E-state index in [1.807, 2.05) is 31.2 Å². The molecular weight excluding hydrogens is 422 g/mol. The van der Waals surface area contributed by atoms with E-state index in [9.17, 15) is 18.8 Å². The van der Waals surface area contributed by atoms with E-state index in [2.05, 4.69) is 13.0 Å². The molecule has 170 valence electrons. The van der Waals surface area contributed by atoms with E-state index in [1.54, 1.807) is 24.3 Å². The summed E-state index contributed by atoms with van der Waals surface area (Å²) in [6, 6.07) is 16.9. The zero-order chi connectivity index (χ0) is 23.0. The molecule has 2 aliphatic carbocycles. The molecule has 2 aromatic rings. The molecule has 32 heavy (non-hydrogen) atoms. The Kier molecular flexibility index (Phi) is 5.96. The Balaban J connectivity index is 1.42. The number of benzene rings is 2. The molecule has 5 nitrogen and oxygen atoms in total. The van der Waals surface area contributed by atoms with E-state index < -0.39 is 15.7 Å². The Hall–Kier alpha value is -2.20. The lowest BCUT2D eigenvalue weighted by Gasteiger charge is -2.43. The molecule has 0 atom stereocenters. The number of nitriles is 1. The van der Waals surface area contributed by atoms with E-state index >= 15 is 0 Å². The van der Waals surface area contributed by atoms with E-state index in [1.165, 1.54) is 0 Å². The van der Waals surface area contributed by atoms with Crippen molar-refractivity contribution in [3.63, 3.8) is 0 Å². The zero-order valence-electron chi connectivity index (χ0n) is 18.8. The van der Waals surface area contributed by atoms with E-state index in [0.717, 1.165) is 36.0 Å². The zero-order valence-corrected chi connectivity index (χ0v) is 19.6. The molecule has 0 radical (unpaired) electrons. The van der Waals surface area contributed by atoms with E-state index in [-0.39, 0.29) is 22.3 Å². The summed E-state index contributed by atoms with van der Waals surface area (Å²) in [4.78, 5) is 0.174. The molecule has 0 heterocycles. The number of aryl methyl sites for hydroxylation is 1. The SMILES string of the molecule is CCC1(COS(=O)(=O)c2ccc(C)cc2)CCC(O)(c2ccc(C3(C#N)CC3)cc2)CC1. The summed E-state index contributed by atoms with van der Waals surface area (Å²) in [5, 5.41) is 20.7. The number of rotatable bonds is 7. The van der Waals surface area contributed by atoms with Crippen molar-refractivity contribution >= 4 is 10.1 Å². The Labute approximate surface area is 191 Å². The smallest absolute Gasteiger partial charge is 0.296 e. The molecule has 0 unspecified atom stereocenters. The standard InChI is InChI=1S/C26H31NO4S/c1-3-24(19-31-32(29,30)23-10-4-20(2)5-11-23)12-16-26(28,17-13-24)22-8-6-21(7-9-22)25(18-27)14-15-25/h4-11,28H,3,12-17,19H2,1-2H3. The maximum absolute atomic E-state index is 12.6. The summed E-state index contributed by atoms with van der Waals surface area (Å²) in [5.41, 5.74) is 1.35. The van der Waals surface area contributed by atoms with Crippen LogP contribution < -0.4 is 0 Å². The average Bonchev–Trinajstić information content (AvgIpc) is 3.61. The highest BCUT2D eigenvalue weighted by Crippen LogP contribution is 2.50. The van der Waals surface area contributed by atoms with Crippen LogP contribution in [-0.2, 0) is 25.3 Å². The number of hydrogen-bond acceptors (Lipinski definition) is 5. The normalized spacial score (nSPS) is 26.9. The Morgan fingerprint density at radius 3 is 2.00 bits per heavy atom. The molecule has 0 spiro atoms. The molecule has 0 bridgehead atoms. The molecular formula is C26H31NO4S. The first kappa shape index (κ1) is 23.0. The van der Waals surface area contributed by atoms with E-state index in [0.29, 0.717) is 25.7 Å². The van der Waals surface area contributed by atoms with Gasteiger partial charge in [-0.3, -0.25) is 4.18 Å². The fraction of sp³-hybridized carbons (Fsp3) is 0.500. The molecule has 2 aliphatic rings. The maximum atomic E-state index is 12.6. The topological polar surface area (TPSA) is 87.4 Å². The molecule has 4 rings (SSSR count). The number of aliphatic hydroxyl groups is 1. The second-order valence-corrected chi connectivity index (χ2v) is 11.3. The van der Waals surface area contributed by atoms with Crippen LogP contribution in [0.1, 0.15) is 68.6 Å². The summed E-state index contributed by atoms with van der Waals surface area (Å²) in [5.74, 6) is 0. The van der Waals surface area contributed by atoms with Crippen molar-refractivity contribution in [3.05, 3.63) is 65.2 Å². The summed E-state index contributed by atoms with van der Waals surface area (Å²) >= 11 is 0. The fourth-order valence-electron chi connectivity index (χ4n) is 4.75. The lowest BCUT2D eigenvalue weighted by Crippen LogP contribution is -2.39. The molecule has 2 fully saturated rings. The van der Waals surface area contributed by atoms with Crippen LogP contribution in [0.15, 0.2) is 53.4 Å². The molecule has 2 aromatic carbocycles. The lowest BCUT2D eigenvalue weighted by atomic mass is 9.66. The first-order valence-electron chi connectivity index (χ1n) is 11.4. The highest BCUT2D eigenvalue weighted by atomic mass is 32.2. The van der Waals surface area contributed by atoms with Crippen LogP contribution in [0.5, 0.6) is 0 Å². The van der Waals surface area contributed by atoms with Gasteiger partial charge in [-0.2, -0.15) is 13.7 Å². The highest BCUT2D eigenvalue weighted by Gasteiger charge is 2.46. The van der Waals surface area contributed by atoms with Gasteiger partial charge in [0.2, 0.25) is 0 Å². The van der Waals surface area contributed by atoms with Gasteiger partial charge in [0.05, 0.1) is 28.6 Å². The van der Waals surface area contributed by atoms with Crippen LogP contribution >= 0.6 is 0 Å². The molecule has 2 saturated carbocycles. The van der Waals surface area contributed by atoms with Crippen LogP contribution in [0.25, 0.3) is 0 Å². The number of hydrogen-bond donors (Lipinski definition) is 1. The predicted molar refractivity (Wildman–Crippen MR) is 122 cm³/mol. The first-order chi connectivity index (χ1) is 15.2. The minimum atomic E-state index is -3.81. The highest BCUT2D eigenvalue weighted by molar-refractivity contribution is 7.86. The van der Waals surface area contributed by atoms with Crippen LogP contribution in [0.3, 0.4) is 0 Å². The largest absolute Gasteiger partial charge is 0.385 e. The Bertz CT molecular complexity index is 1100. The summed E-state index contributed by atoms with van der Waals surface area (Å²) in [6.07, 6.45) is 5.07. The molecule has 6 heteroatoms. The van der Waals surface area contributed by atoms with Crippen LogP contribution in [0, 0.1) is 23.7 Å². The third-order valence-electron chi connectivity index (χ3n) is 7.66. The Morgan fingerprint density at radius 1 is 0.938 bits per heavy atom. The monoisotopic (exact) mass is 453 g/mol. The molecule has 0 aliphatic heterocycles. The summed E-state index contributed by atoms with van der Waals surface area (Å²) < 4.78 is 30.8.